The van der Waals surface area contributed by atoms with Crippen molar-refractivity contribution in [3.63, 3.8) is 0 Å². The van der Waals surface area contributed by atoms with Crippen molar-refractivity contribution in [2.45, 2.75) is 34.6 Å². The molecule has 0 saturated heterocycles. The van der Waals surface area contributed by atoms with Gasteiger partial charge in [0.1, 0.15) is 11.3 Å². The molecule has 0 unspecified atom stereocenters. The highest BCUT2D eigenvalue weighted by Gasteiger charge is 2.15. The van der Waals surface area contributed by atoms with Crippen LogP contribution in [0.3, 0.4) is 0 Å². The van der Waals surface area contributed by atoms with Gasteiger partial charge in [0.05, 0.1) is 5.39 Å². The Kier molecular flexibility index (Phi) is 3.40. The molecule has 0 atom stereocenters. The zero-order valence-corrected chi connectivity index (χ0v) is 13.7. The predicted molar refractivity (Wildman–Crippen MR) is 91.6 cm³/mol. The van der Waals surface area contributed by atoms with Gasteiger partial charge in [-0.25, -0.2) is 0 Å². The molecule has 1 aromatic heterocycles. The van der Waals surface area contributed by atoms with Crippen LogP contribution in [-0.2, 0) is 0 Å². The minimum atomic E-state index is 0.0283. The van der Waals surface area contributed by atoms with Crippen molar-refractivity contribution in [2.24, 2.45) is 0 Å². The van der Waals surface area contributed by atoms with Gasteiger partial charge in [-0.1, -0.05) is 29.8 Å². The summed E-state index contributed by atoms with van der Waals surface area (Å²) in [6.07, 6.45) is 0. The van der Waals surface area contributed by atoms with Crippen LogP contribution in [0.25, 0.3) is 22.3 Å². The quantitative estimate of drug-likeness (QED) is 0.631. The molecule has 0 spiro atoms. The molecule has 2 heteroatoms. The van der Waals surface area contributed by atoms with Gasteiger partial charge in [-0.3, -0.25) is 4.79 Å². The SMILES string of the molecule is Cc1ccc(-c2cc(=O)c3c(C)c(C)c(C)c(C)c3o2)cc1. The van der Waals surface area contributed by atoms with Crippen molar-refractivity contribution >= 4 is 11.0 Å². The van der Waals surface area contributed by atoms with Crippen molar-refractivity contribution in [2.75, 3.05) is 0 Å². The average Bonchev–Trinajstić information content (AvgIpc) is 2.50. The van der Waals surface area contributed by atoms with Crippen LogP contribution in [0.4, 0.5) is 0 Å². The average molecular weight is 292 g/mol. The number of fused-ring (bicyclic) bond motifs is 1. The van der Waals surface area contributed by atoms with Crippen molar-refractivity contribution < 1.29 is 4.42 Å². The van der Waals surface area contributed by atoms with Crippen molar-refractivity contribution in [3.8, 4) is 11.3 Å². The largest absolute Gasteiger partial charge is 0.456 e. The van der Waals surface area contributed by atoms with Gasteiger partial charge in [-0.2, -0.15) is 0 Å². The van der Waals surface area contributed by atoms with Gasteiger partial charge in [0.2, 0.25) is 0 Å². The summed E-state index contributed by atoms with van der Waals surface area (Å²) in [4.78, 5) is 12.6. The summed E-state index contributed by atoms with van der Waals surface area (Å²) in [5.41, 5.74) is 7.27. The molecule has 0 saturated carbocycles. The highest BCUT2D eigenvalue weighted by molar-refractivity contribution is 5.87. The minimum Gasteiger partial charge on any atom is -0.456 e. The Hall–Kier alpha value is -2.35. The molecule has 22 heavy (non-hydrogen) atoms. The summed E-state index contributed by atoms with van der Waals surface area (Å²) >= 11 is 0. The first kappa shape index (κ1) is 14.6. The van der Waals surface area contributed by atoms with Crippen LogP contribution < -0.4 is 5.43 Å². The van der Waals surface area contributed by atoms with Gasteiger partial charge >= 0.3 is 0 Å². The van der Waals surface area contributed by atoms with Crippen molar-refractivity contribution in [1.82, 2.24) is 0 Å². The standard InChI is InChI=1S/C20H20O2/c1-11-6-8-16(9-7-11)18-10-17(21)19-14(4)12(2)13(3)15(5)20(19)22-18/h6-10H,1-5H3. The number of hydrogen-bond acceptors (Lipinski definition) is 2. The second-order valence-electron chi connectivity index (χ2n) is 6.05. The summed E-state index contributed by atoms with van der Waals surface area (Å²) in [6.45, 7) is 10.2. The molecule has 3 aromatic rings. The third-order valence-electron chi connectivity index (χ3n) is 4.69. The summed E-state index contributed by atoms with van der Waals surface area (Å²) in [5, 5.41) is 0.705. The lowest BCUT2D eigenvalue weighted by molar-refractivity contribution is 0.615. The second kappa shape index (κ2) is 5.13. The molecular formula is C20H20O2. The topological polar surface area (TPSA) is 30.2 Å². The summed E-state index contributed by atoms with van der Waals surface area (Å²) in [5.74, 6) is 0.628. The Labute approximate surface area is 130 Å². The molecular weight excluding hydrogens is 272 g/mol. The smallest absolute Gasteiger partial charge is 0.193 e. The maximum Gasteiger partial charge on any atom is 0.193 e. The Morgan fingerprint density at radius 2 is 1.36 bits per heavy atom. The van der Waals surface area contributed by atoms with Crippen molar-refractivity contribution in [1.29, 1.82) is 0 Å². The maximum atomic E-state index is 12.6. The van der Waals surface area contributed by atoms with Crippen LogP contribution in [0.2, 0.25) is 0 Å². The monoisotopic (exact) mass is 292 g/mol. The van der Waals surface area contributed by atoms with Gasteiger partial charge in [-0.15, -0.1) is 0 Å². The molecule has 0 N–H and O–H groups in total. The molecule has 2 nitrogen and oxygen atoms in total. The van der Waals surface area contributed by atoms with E-state index in [0.29, 0.717) is 16.7 Å². The van der Waals surface area contributed by atoms with E-state index in [0.717, 1.165) is 16.7 Å². The zero-order chi connectivity index (χ0) is 16.0. The molecule has 1 heterocycles. The Morgan fingerprint density at radius 3 is 2.00 bits per heavy atom. The molecule has 2 aromatic carbocycles. The van der Waals surface area contributed by atoms with Crippen LogP contribution in [0.1, 0.15) is 27.8 Å². The summed E-state index contributed by atoms with van der Waals surface area (Å²) in [7, 11) is 0. The fraction of sp³-hybridized carbons (Fsp3) is 0.250. The molecule has 0 bridgehead atoms. The lowest BCUT2D eigenvalue weighted by atomic mass is 9.95. The Balaban J connectivity index is 2.38. The van der Waals surface area contributed by atoms with Gasteiger partial charge < -0.3 is 4.42 Å². The first-order valence-electron chi connectivity index (χ1n) is 7.51. The molecule has 0 aliphatic rings. The van der Waals surface area contributed by atoms with Crippen molar-refractivity contribution in [3.05, 3.63) is 68.4 Å². The van der Waals surface area contributed by atoms with E-state index in [4.69, 9.17) is 4.42 Å². The first-order chi connectivity index (χ1) is 10.4. The number of aryl methyl sites for hydroxylation is 3. The van der Waals surface area contributed by atoms with E-state index in [1.807, 2.05) is 45.0 Å². The fourth-order valence-electron chi connectivity index (χ4n) is 2.89. The molecule has 0 aliphatic heterocycles. The highest BCUT2D eigenvalue weighted by atomic mass is 16.3. The molecule has 112 valence electrons. The van der Waals surface area contributed by atoms with E-state index in [1.165, 1.54) is 16.7 Å². The van der Waals surface area contributed by atoms with Crippen LogP contribution >= 0.6 is 0 Å². The van der Waals surface area contributed by atoms with Crippen LogP contribution in [0, 0.1) is 34.6 Å². The summed E-state index contributed by atoms with van der Waals surface area (Å²) < 4.78 is 6.12. The minimum absolute atomic E-state index is 0.0283. The van der Waals surface area contributed by atoms with Gasteiger partial charge in [0.25, 0.3) is 0 Å². The molecule has 3 rings (SSSR count). The first-order valence-corrected chi connectivity index (χ1v) is 7.51. The third-order valence-corrected chi connectivity index (χ3v) is 4.69. The van der Waals surface area contributed by atoms with Crippen LogP contribution in [-0.4, -0.2) is 0 Å². The molecule has 0 fully saturated rings. The van der Waals surface area contributed by atoms with Crippen LogP contribution in [0.5, 0.6) is 0 Å². The molecule has 0 aliphatic carbocycles. The van der Waals surface area contributed by atoms with E-state index in [-0.39, 0.29) is 5.43 Å². The number of rotatable bonds is 1. The normalized spacial score (nSPS) is 11.1. The Bertz CT molecular complexity index is 929. The Morgan fingerprint density at radius 1 is 0.773 bits per heavy atom. The third kappa shape index (κ3) is 2.16. The predicted octanol–water partition coefficient (Wildman–Crippen LogP) is 5.00. The van der Waals surface area contributed by atoms with E-state index in [2.05, 4.69) is 13.8 Å². The van der Waals surface area contributed by atoms with Gasteiger partial charge in [0.15, 0.2) is 5.43 Å². The lowest BCUT2D eigenvalue weighted by Crippen LogP contribution is -2.06. The van der Waals surface area contributed by atoms with E-state index < -0.39 is 0 Å². The van der Waals surface area contributed by atoms with Gasteiger partial charge in [0, 0.05) is 11.6 Å². The molecule has 0 amide bonds. The zero-order valence-electron chi connectivity index (χ0n) is 13.7. The number of hydrogen-bond donors (Lipinski definition) is 0. The maximum absolute atomic E-state index is 12.6. The van der Waals surface area contributed by atoms with E-state index in [1.54, 1.807) is 6.07 Å². The van der Waals surface area contributed by atoms with E-state index >= 15 is 0 Å². The highest BCUT2D eigenvalue weighted by Crippen LogP contribution is 2.30. The number of benzene rings is 2. The van der Waals surface area contributed by atoms with Gasteiger partial charge in [-0.05, 0) is 56.9 Å². The van der Waals surface area contributed by atoms with E-state index in [9.17, 15) is 4.79 Å². The second-order valence-corrected chi connectivity index (χ2v) is 6.05. The molecule has 0 radical (unpaired) electrons. The lowest BCUT2D eigenvalue weighted by Gasteiger charge is -2.13. The van der Waals surface area contributed by atoms with Crippen LogP contribution in [0.15, 0.2) is 39.5 Å². The fourth-order valence-corrected chi connectivity index (χ4v) is 2.89. The summed E-state index contributed by atoms with van der Waals surface area (Å²) in [6, 6.07) is 9.63.